The van der Waals surface area contributed by atoms with Crippen molar-refractivity contribution in [3.63, 3.8) is 0 Å². The summed E-state index contributed by atoms with van der Waals surface area (Å²) in [6.45, 7) is 2.09. The third-order valence-corrected chi connectivity index (χ3v) is 3.71. The lowest BCUT2D eigenvalue weighted by atomic mass is 10.1. The van der Waals surface area contributed by atoms with E-state index in [1.165, 1.54) is 25.5 Å². The van der Waals surface area contributed by atoms with Crippen LogP contribution in [-0.4, -0.2) is 18.1 Å². The van der Waals surface area contributed by atoms with Crippen LogP contribution in [0.4, 0.5) is 5.69 Å². The molecule has 1 aromatic heterocycles. The Bertz CT molecular complexity index is 705. The van der Waals surface area contributed by atoms with Crippen LogP contribution in [0.25, 0.3) is 10.9 Å². The molecule has 1 aliphatic rings. The van der Waals surface area contributed by atoms with Crippen LogP contribution >= 0.6 is 0 Å². The molecule has 0 unspecified atom stereocenters. The highest BCUT2D eigenvalue weighted by Gasteiger charge is 2.12. The van der Waals surface area contributed by atoms with E-state index in [2.05, 4.69) is 9.88 Å². The standard InChI is InChI=1S/C15H15N3O/c16-9-11-10-17-14-5-4-12(8-13(14)15(11)19)18-6-2-1-3-7-18/h4-5,8,10H,1-3,6-7H2,(H,17,19). The van der Waals surface area contributed by atoms with Crippen LogP contribution in [0, 0.1) is 11.3 Å². The second-order valence-electron chi connectivity index (χ2n) is 4.92. The van der Waals surface area contributed by atoms with Crippen LogP contribution in [0.5, 0.6) is 0 Å². The van der Waals surface area contributed by atoms with Crippen LogP contribution in [0.2, 0.25) is 0 Å². The number of nitrogens with zero attached hydrogens (tertiary/aromatic N) is 2. The highest BCUT2D eigenvalue weighted by molar-refractivity contribution is 5.83. The van der Waals surface area contributed by atoms with Gasteiger partial charge < -0.3 is 9.88 Å². The van der Waals surface area contributed by atoms with E-state index in [9.17, 15) is 4.79 Å². The van der Waals surface area contributed by atoms with E-state index < -0.39 is 0 Å². The van der Waals surface area contributed by atoms with E-state index in [0.29, 0.717) is 5.39 Å². The molecule has 0 radical (unpaired) electrons. The van der Waals surface area contributed by atoms with Gasteiger partial charge in [-0.05, 0) is 37.5 Å². The number of aromatic nitrogens is 1. The lowest BCUT2D eigenvalue weighted by Gasteiger charge is -2.28. The van der Waals surface area contributed by atoms with Gasteiger partial charge in [0.05, 0.1) is 0 Å². The third kappa shape index (κ3) is 2.08. The first-order valence-corrected chi connectivity index (χ1v) is 6.60. The van der Waals surface area contributed by atoms with Gasteiger partial charge in [-0.15, -0.1) is 0 Å². The molecule has 0 atom stereocenters. The molecule has 0 aliphatic carbocycles. The van der Waals surface area contributed by atoms with Crippen molar-refractivity contribution in [3.05, 3.63) is 40.2 Å². The van der Waals surface area contributed by atoms with E-state index >= 15 is 0 Å². The summed E-state index contributed by atoms with van der Waals surface area (Å²) in [6.07, 6.45) is 5.16. The summed E-state index contributed by atoms with van der Waals surface area (Å²) in [7, 11) is 0. The number of anilines is 1. The average Bonchev–Trinajstić information content (AvgIpc) is 2.48. The Hall–Kier alpha value is -2.28. The first-order chi connectivity index (χ1) is 9.29. The van der Waals surface area contributed by atoms with E-state index in [1.54, 1.807) is 0 Å². The van der Waals surface area contributed by atoms with Crippen molar-refractivity contribution in [2.75, 3.05) is 18.0 Å². The van der Waals surface area contributed by atoms with Gasteiger partial charge in [-0.25, -0.2) is 0 Å². The van der Waals surface area contributed by atoms with Gasteiger partial charge in [-0.3, -0.25) is 4.79 Å². The Labute approximate surface area is 111 Å². The molecule has 1 fully saturated rings. The Morgan fingerprint density at radius 2 is 2.00 bits per heavy atom. The fourth-order valence-corrected chi connectivity index (χ4v) is 2.64. The summed E-state index contributed by atoms with van der Waals surface area (Å²) in [5.74, 6) is 0. The highest BCUT2D eigenvalue weighted by Crippen LogP contribution is 2.22. The zero-order chi connectivity index (χ0) is 13.2. The number of aromatic amines is 1. The van der Waals surface area contributed by atoms with Gasteiger partial charge >= 0.3 is 0 Å². The topological polar surface area (TPSA) is 59.9 Å². The predicted molar refractivity (Wildman–Crippen MR) is 75.3 cm³/mol. The smallest absolute Gasteiger partial charge is 0.207 e. The van der Waals surface area contributed by atoms with Gasteiger partial charge in [0.25, 0.3) is 0 Å². The van der Waals surface area contributed by atoms with Crippen molar-refractivity contribution in [2.24, 2.45) is 0 Å². The van der Waals surface area contributed by atoms with Gasteiger partial charge in [-0.2, -0.15) is 5.26 Å². The summed E-state index contributed by atoms with van der Waals surface area (Å²) >= 11 is 0. The average molecular weight is 253 g/mol. The van der Waals surface area contributed by atoms with Crippen LogP contribution in [-0.2, 0) is 0 Å². The Morgan fingerprint density at radius 1 is 1.21 bits per heavy atom. The molecule has 19 heavy (non-hydrogen) atoms. The SMILES string of the molecule is N#Cc1c[nH]c2ccc(N3CCCCC3)cc2c1=O. The second-order valence-corrected chi connectivity index (χ2v) is 4.92. The van der Waals surface area contributed by atoms with Crippen molar-refractivity contribution in [1.82, 2.24) is 4.98 Å². The van der Waals surface area contributed by atoms with Crippen molar-refractivity contribution < 1.29 is 0 Å². The van der Waals surface area contributed by atoms with Gasteiger partial charge in [0, 0.05) is 35.9 Å². The summed E-state index contributed by atoms with van der Waals surface area (Å²) in [6, 6.07) is 7.79. The Balaban J connectivity index is 2.11. The minimum absolute atomic E-state index is 0.170. The molecule has 4 heteroatoms. The van der Waals surface area contributed by atoms with Crippen LogP contribution < -0.4 is 10.3 Å². The number of nitriles is 1. The monoisotopic (exact) mass is 253 g/mol. The zero-order valence-corrected chi connectivity index (χ0v) is 10.6. The summed E-state index contributed by atoms with van der Waals surface area (Å²) in [5.41, 5.74) is 1.84. The first kappa shape index (κ1) is 11.8. The number of piperidine rings is 1. The van der Waals surface area contributed by atoms with Gasteiger partial charge in [0.2, 0.25) is 5.43 Å². The van der Waals surface area contributed by atoms with Gasteiger partial charge in [0.15, 0.2) is 0 Å². The number of rotatable bonds is 1. The number of H-pyrrole nitrogens is 1. The largest absolute Gasteiger partial charge is 0.372 e. The second kappa shape index (κ2) is 4.77. The first-order valence-electron chi connectivity index (χ1n) is 6.60. The minimum atomic E-state index is -0.185. The minimum Gasteiger partial charge on any atom is -0.372 e. The highest BCUT2D eigenvalue weighted by atomic mass is 16.1. The summed E-state index contributed by atoms with van der Waals surface area (Å²) < 4.78 is 0. The van der Waals surface area contributed by atoms with E-state index in [0.717, 1.165) is 24.3 Å². The van der Waals surface area contributed by atoms with Crippen molar-refractivity contribution in [2.45, 2.75) is 19.3 Å². The number of benzene rings is 1. The molecule has 0 saturated carbocycles. The zero-order valence-electron chi connectivity index (χ0n) is 10.6. The third-order valence-electron chi connectivity index (χ3n) is 3.71. The number of hydrogen-bond acceptors (Lipinski definition) is 3. The molecule has 1 aromatic carbocycles. The number of hydrogen-bond donors (Lipinski definition) is 1. The Kier molecular flexibility index (Phi) is 2.96. The maximum atomic E-state index is 12.1. The molecule has 4 nitrogen and oxygen atoms in total. The van der Waals surface area contributed by atoms with E-state index in [1.807, 2.05) is 24.3 Å². The van der Waals surface area contributed by atoms with E-state index in [-0.39, 0.29) is 11.0 Å². The maximum Gasteiger partial charge on any atom is 0.207 e. The quantitative estimate of drug-likeness (QED) is 0.848. The lowest BCUT2D eigenvalue weighted by Crippen LogP contribution is -2.29. The van der Waals surface area contributed by atoms with Crippen LogP contribution in [0.15, 0.2) is 29.2 Å². The van der Waals surface area contributed by atoms with Crippen molar-refractivity contribution >= 4 is 16.6 Å². The molecule has 96 valence electrons. The summed E-state index contributed by atoms with van der Waals surface area (Å²) in [4.78, 5) is 17.4. The fourth-order valence-electron chi connectivity index (χ4n) is 2.64. The molecule has 2 heterocycles. The lowest BCUT2D eigenvalue weighted by molar-refractivity contribution is 0.578. The number of nitrogens with one attached hydrogen (secondary N) is 1. The summed E-state index contributed by atoms with van der Waals surface area (Å²) in [5, 5.41) is 9.51. The number of fused-ring (bicyclic) bond motifs is 1. The van der Waals surface area contributed by atoms with Crippen molar-refractivity contribution in [3.8, 4) is 6.07 Å². The van der Waals surface area contributed by atoms with Crippen molar-refractivity contribution in [1.29, 1.82) is 5.26 Å². The Morgan fingerprint density at radius 3 is 2.74 bits per heavy atom. The molecule has 0 spiro atoms. The fraction of sp³-hybridized carbons (Fsp3) is 0.333. The molecule has 1 saturated heterocycles. The van der Waals surface area contributed by atoms with Crippen LogP contribution in [0.1, 0.15) is 24.8 Å². The molecule has 1 N–H and O–H groups in total. The number of pyridine rings is 1. The predicted octanol–water partition coefficient (Wildman–Crippen LogP) is 2.39. The molecule has 0 amide bonds. The van der Waals surface area contributed by atoms with E-state index in [4.69, 9.17) is 5.26 Å². The van der Waals surface area contributed by atoms with Crippen LogP contribution in [0.3, 0.4) is 0 Å². The normalized spacial score (nSPS) is 15.4. The molecular formula is C15H15N3O. The van der Waals surface area contributed by atoms with Gasteiger partial charge in [-0.1, -0.05) is 0 Å². The molecule has 3 rings (SSSR count). The molecule has 2 aromatic rings. The van der Waals surface area contributed by atoms with Gasteiger partial charge in [0.1, 0.15) is 11.6 Å². The molecule has 0 bridgehead atoms. The maximum absolute atomic E-state index is 12.1. The molecular weight excluding hydrogens is 238 g/mol. The molecule has 1 aliphatic heterocycles.